The highest BCUT2D eigenvalue weighted by Gasteiger charge is 2.08. The molecule has 0 unspecified atom stereocenters. The number of amides is 1. The number of nitrogens with zero attached hydrogens (tertiary/aromatic N) is 1. The van der Waals surface area contributed by atoms with Crippen LogP contribution in [0.1, 0.15) is 21.7 Å². The smallest absolute Gasteiger partial charge is 0.251 e. The normalized spacial score (nSPS) is 10.5. The van der Waals surface area contributed by atoms with E-state index in [1.54, 1.807) is 36.7 Å². The van der Waals surface area contributed by atoms with E-state index in [9.17, 15) is 4.79 Å². The van der Waals surface area contributed by atoms with Gasteiger partial charge in [0.15, 0.2) is 0 Å². The van der Waals surface area contributed by atoms with Gasteiger partial charge in [-0.25, -0.2) is 4.98 Å². The zero-order valence-electron chi connectivity index (χ0n) is 13.8. The first-order valence-electron chi connectivity index (χ1n) is 8.06. The molecule has 2 aromatic heterocycles. The first-order chi connectivity index (χ1) is 12.6. The fourth-order valence-corrected chi connectivity index (χ4v) is 2.90. The van der Waals surface area contributed by atoms with Crippen molar-refractivity contribution in [3.63, 3.8) is 0 Å². The Bertz CT molecular complexity index is 882. The summed E-state index contributed by atoms with van der Waals surface area (Å²) >= 11 is 12.1. The monoisotopic (exact) mass is 389 g/mol. The minimum absolute atomic E-state index is 0.187. The molecule has 5 nitrogen and oxygen atoms in total. The molecule has 0 atom stereocenters. The average molecular weight is 390 g/mol. The first-order valence-corrected chi connectivity index (χ1v) is 8.82. The summed E-state index contributed by atoms with van der Waals surface area (Å²) in [6.07, 6.45) is 3.88. The summed E-state index contributed by atoms with van der Waals surface area (Å²) < 4.78 is 5.20. The Morgan fingerprint density at radius 2 is 2.04 bits per heavy atom. The number of rotatable bonds is 7. The lowest BCUT2D eigenvalue weighted by Crippen LogP contribution is -2.22. The first kappa shape index (κ1) is 18.3. The molecule has 0 aliphatic carbocycles. The molecule has 2 heterocycles. The Morgan fingerprint density at radius 3 is 2.81 bits per heavy atom. The number of hydrogen-bond acceptors (Lipinski definition) is 4. The number of furan rings is 1. The summed E-state index contributed by atoms with van der Waals surface area (Å²) in [6.45, 7) is 0.970. The number of pyridine rings is 1. The molecule has 0 aliphatic heterocycles. The molecule has 0 saturated carbocycles. The number of carbonyl (C=O) groups is 1. The number of benzene rings is 1. The molecule has 1 amide bonds. The van der Waals surface area contributed by atoms with E-state index in [1.807, 2.05) is 18.2 Å². The van der Waals surface area contributed by atoms with E-state index in [4.69, 9.17) is 27.6 Å². The van der Waals surface area contributed by atoms with Gasteiger partial charge in [0.1, 0.15) is 11.6 Å². The summed E-state index contributed by atoms with van der Waals surface area (Å²) in [5.41, 5.74) is 1.52. The van der Waals surface area contributed by atoms with E-state index in [2.05, 4.69) is 15.6 Å². The quantitative estimate of drug-likeness (QED) is 0.621. The molecule has 0 spiro atoms. The average Bonchev–Trinajstić information content (AvgIpc) is 3.15. The van der Waals surface area contributed by atoms with Gasteiger partial charge in [0.05, 0.1) is 12.8 Å². The molecule has 0 saturated heterocycles. The second-order valence-electron chi connectivity index (χ2n) is 5.60. The van der Waals surface area contributed by atoms with E-state index >= 15 is 0 Å². The number of nitrogens with one attached hydrogen (secondary N) is 2. The van der Waals surface area contributed by atoms with Crippen LogP contribution in [0.15, 0.2) is 59.3 Å². The van der Waals surface area contributed by atoms with Crippen LogP contribution >= 0.6 is 23.2 Å². The minimum Gasteiger partial charge on any atom is -0.467 e. The Kier molecular flexibility index (Phi) is 6.15. The van der Waals surface area contributed by atoms with Gasteiger partial charge in [-0.2, -0.15) is 0 Å². The van der Waals surface area contributed by atoms with Crippen molar-refractivity contribution in [2.24, 2.45) is 0 Å². The van der Waals surface area contributed by atoms with Crippen LogP contribution in [0.5, 0.6) is 0 Å². The van der Waals surface area contributed by atoms with Crippen LogP contribution in [0.3, 0.4) is 0 Å². The van der Waals surface area contributed by atoms with Crippen LogP contribution in [0.2, 0.25) is 10.0 Å². The van der Waals surface area contributed by atoms with Crippen molar-refractivity contribution < 1.29 is 9.21 Å². The molecule has 26 heavy (non-hydrogen) atoms. The third-order valence-electron chi connectivity index (χ3n) is 3.74. The minimum atomic E-state index is -0.187. The molecule has 0 fully saturated rings. The Morgan fingerprint density at radius 1 is 1.15 bits per heavy atom. The Labute approximate surface area is 161 Å². The van der Waals surface area contributed by atoms with Gasteiger partial charge in [-0.3, -0.25) is 4.79 Å². The standard InChI is InChI=1S/C19H17Cl2N3O2/c20-15-4-3-13(17(21)11-15)5-7-22-18-10-14(6-8-23-18)19(25)24-12-16-2-1-9-26-16/h1-4,6,8-11H,5,7,12H2,(H,22,23)(H,24,25). The maximum Gasteiger partial charge on any atom is 0.251 e. The van der Waals surface area contributed by atoms with Gasteiger partial charge in [-0.15, -0.1) is 0 Å². The highest BCUT2D eigenvalue weighted by molar-refractivity contribution is 6.35. The highest BCUT2D eigenvalue weighted by atomic mass is 35.5. The highest BCUT2D eigenvalue weighted by Crippen LogP contribution is 2.21. The fraction of sp³-hybridized carbons (Fsp3) is 0.158. The summed E-state index contributed by atoms with van der Waals surface area (Å²) in [4.78, 5) is 16.5. The van der Waals surface area contributed by atoms with Crippen LogP contribution in [-0.2, 0) is 13.0 Å². The summed E-state index contributed by atoms with van der Waals surface area (Å²) in [7, 11) is 0. The largest absolute Gasteiger partial charge is 0.467 e. The van der Waals surface area contributed by atoms with Crippen molar-refractivity contribution in [2.45, 2.75) is 13.0 Å². The van der Waals surface area contributed by atoms with E-state index in [-0.39, 0.29) is 5.91 Å². The molecular weight excluding hydrogens is 373 g/mol. The lowest BCUT2D eigenvalue weighted by Gasteiger charge is -2.09. The third-order valence-corrected chi connectivity index (χ3v) is 4.33. The van der Waals surface area contributed by atoms with E-state index in [0.29, 0.717) is 46.7 Å². The zero-order chi connectivity index (χ0) is 18.4. The number of carbonyl (C=O) groups excluding carboxylic acids is 1. The van der Waals surface area contributed by atoms with Crippen molar-refractivity contribution in [3.8, 4) is 0 Å². The van der Waals surface area contributed by atoms with Crippen molar-refractivity contribution in [2.75, 3.05) is 11.9 Å². The van der Waals surface area contributed by atoms with E-state index in [0.717, 1.165) is 5.56 Å². The second-order valence-corrected chi connectivity index (χ2v) is 6.45. The molecule has 134 valence electrons. The SMILES string of the molecule is O=C(NCc1ccco1)c1ccnc(NCCc2ccc(Cl)cc2Cl)c1. The predicted octanol–water partition coefficient (Wildman–Crippen LogP) is 4.57. The topological polar surface area (TPSA) is 67.2 Å². The van der Waals surface area contributed by atoms with Gasteiger partial charge in [0.25, 0.3) is 5.91 Å². The molecule has 3 aromatic rings. The number of aromatic nitrogens is 1. The van der Waals surface area contributed by atoms with Crippen LogP contribution in [0.25, 0.3) is 0 Å². The Hall–Kier alpha value is -2.50. The summed E-state index contributed by atoms with van der Waals surface area (Å²) in [6, 6.07) is 12.4. The lowest BCUT2D eigenvalue weighted by atomic mass is 10.1. The molecule has 7 heteroatoms. The number of hydrogen-bond donors (Lipinski definition) is 2. The Balaban J connectivity index is 1.54. The number of anilines is 1. The van der Waals surface area contributed by atoms with E-state index < -0.39 is 0 Å². The van der Waals surface area contributed by atoms with Gasteiger partial charge >= 0.3 is 0 Å². The molecule has 1 aromatic carbocycles. The molecular formula is C19H17Cl2N3O2. The number of halogens is 2. The van der Waals surface area contributed by atoms with Gasteiger partial charge in [-0.05, 0) is 48.4 Å². The lowest BCUT2D eigenvalue weighted by molar-refractivity contribution is 0.0948. The maximum absolute atomic E-state index is 12.2. The van der Waals surface area contributed by atoms with Crippen LogP contribution in [0, 0.1) is 0 Å². The van der Waals surface area contributed by atoms with Crippen LogP contribution < -0.4 is 10.6 Å². The van der Waals surface area contributed by atoms with Crippen molar-refractivity contribution >= 4 is 34.9 Å². The second kappa shape index (κ2) is 8.74. The molecule has 2 N–H and O–H groups in total. The van der Waals surface area contributed by atoms with Crippen molar-refractivity contribution in [1.82, 2.24) is 10.3 Å². The van der Waals surface area contributed by atoms with Gasteiger partial charge < -0.3 is 15.1 Å². The van der Waals surface area contributed by atoms with Crippen molar-refractivity contribution in [1.29, 1.82) is 0 Å². The van der Waals surface area contributed by atoms with Gasteiger partial charge in [0, 0.05) is 28.4 Å². The third kappa shape index (κ3) is 5.00. The molecule has 0 radical (unpaired) electrons. The molecule has 0 aliphatic rings. The fourth-order valence-electron chi connectivity index (χ4n) is 2.40. The maximum atomic E-state index is 12.2. The summed E-state index contributed by atoms with van der Waals surface area (Å²) in [5.74, 6) is 1.14. The van der Waals surface area contributed by atoms with E-state index in [1.165, 1.54) is 0 Å². The zero-order valence-corrected chi connectivity index (χ0v) is 15.3. The van der Waals surface area contributed by atoms with Gasteiger partial charge in [0.2, 0.25) is 0 Å². The van der Waals surface area contributed by atoms with Crippen molar-refractivity contribution in [3.05, 3.63) is 81.9 Å². The molecule has 0 bridgehead atoms. The van der Waals surface area contributed by atoms with Crippen LogP contribution in [-0.4, -0.2) is 17.4 Å². The van der Waals surface area contributed by atoms with Gasteiger partial charge in [-0.1, -0.05) is 29.3 Å². The predicted molar refractivity (Wildman–Crippen MR) is 103 cm³/mol. The van der Waals surface area contributed by atoms with Crippen LogP contribution in [0.4, 0.5) is 5.82 Å². The molecule has 3 rings (SSSR count). The summed E-state index contributed by atoms with van der Waals surface area (Å²) in [5, 5.41) is 7.25.